The van der Waals surface area contributed by atoms with Gasteiger partial charge in [0.15, 0.2) is 0 Å². The molecule has 0 radical (unpaired) electrons. The average molecular weight is 356 g/mol. The van der Waals surface area contributed by atoms with E-state index in [1.54, 1.807) is 0 Å². The van der Waals surface area contributed by atoms with Crippen LogP contribution in [0.25, 0.3) is 0 Å². The van der Waals surface area contributed by atoms with Crippen LogP contribution in [-0.4, -0.2) is 36.4 Å². The lowest BCUT2D eigenvalue weighted by atomic mass is 9.94. The lowest BCUT2D eigenvalue weighted by Gasteiger charge is -2.32. The van der Waals surface area contributed by atoms with Crippen molar-refractivity contribution in [1.82, 2.24) is 5.32 Å². The Morgan fingerprint density at radius 2 is 2.00 bits per heavy atom. The number of carbonyl (C=O) groups excluding carboxylic acids is 1. The highest BCUT2D eigenvalue weighted by molar-refractivity contribution is 9.10. The molecule has 0 spiro atoms. The van der Waals surface area contributed by atoms with Crippen molar-refractivity contribution in [3.05, 3.63) is 34.3 Å². The summed E-state index contributed by atoms with van der Waals surface area (Å²) < 4.78 is 6.26. The fraction of sp³-hybridized carbons (Fsp3) is 0.562. The van der Waals surface area contributed by atoms with E-state index in [1.807, 2.05) is 31.2 Å². The Morgan fingerprint density at radius 1 is 1.38 bits per heavy atom. The van der Waals surface area contributed by atoms with Crippen LogP contribution in [0, 0.1) is 0 Å². The zero-order valence-electron chi connectivity index (χ0n) is 12.3. The molecule has 1 atom stereocenters. The Morgan fingerprint density at radius 3 is 2.62 bits per heavy atom. The molecular formula is C16H22BrNO3. The number of hydrogen-bond donors (Lipinski definition) is 2. The summed E-state index contributed by atoms with van der Waals surface area (Å²) >= 11 is 3.40. The highest BCUT2D eigenvalue weighted by Crippen LogP contribution is 2.22. The normalized spacial score (nSPS) is 19.0. The number of aliphatic hydroxyl groups is 1. The average Bonchev–Trinajstić information content (AvgIpc) is 2.47. The van der Waals surface area contributed by atoms with Crippen molar-refractivity contribution >= 4 is 21.8 Å². The summed E-state index contributed by atoms with van der Waals surface area (Å²) in [6.07, 6.45) is 1.58. The number of ether oxygens (including phenoxy) is 1. The van der Waals surface area contributed by atoms with Gasteiger partial charge in [-0.05, 0) is 23.6 Å². The van der Waals surface area contributed by atoms with Crippen molar-refractivity contribution < 1.29 is 14.6 Å². The molecule has 1 aliphatic heterocycles. The SMILES string of the molecule is CC(CC(=O)NCC1(O)CCOCC1)c1ccc(Br)cc1. The maximum absolute atomic E-state index is 12.0. The molecule has 1 saturated heterocycles. The van der Waals surface area contributed by atoms with Gasteiger partial charge in [0.1, 0.15) is 0 Å². The van der Waals surface area contributed by atoms with Crippen molar-refractivity contribution in [1.29, 1.82) is 0 Å². The third kappa shape index (κ3) is 5.09. The van der Waals surface area contributed by atoms with Crippen molar-refractivity contribution in [3.8, 4) is 0 Å². The number of amides is 1. The highest BCUT2D eigenvalue weighted by atomic mass is 79.9. The van der Waals surface area contributed by atoms with E-state index in [4.69, 9.17) is 4.74 Å². The van der Waals surface area contributed by atoms with Gasteiger partial charge in [-0.2, -0.15) is 0 Å². The van der Waals surface area contributed by atoms with Gasteiger partial charge in [-0.1, -0.05) is 35.0 Å². The summed E-state index contributed by atoms with van der Waals surface area (Å²) in [7, 11) is 0. The van der Waals surface area contributed by atoms with Gasteiger partial charge >= 0.3 is 0 Å². The maximum Gasteiger partial charge on any atom is 0.220 e. The molecule has 0 aromatic heterocycles. The van der Waals surface area contributed by atoms with Crippen molar-refractivity contribution in [2.45, 2.75) is 37.7 Å². The lowest BCUT2D eigenvalue weighted by Crippen LogP contribution is -2.46. The predicted octanol–water partition coefficient (Wildman–Crippen LogP) is 2.60. The molecular weight excluding hydrogens is 334 g/mol. The Hall–Kier alpha value is -0.910. The summed E-state index contributed by atoms with van der Waals surface area (Å²) in [6.45, 7) is 3.46. The second kappa shape index (κ2) is 7.38. The van der Waals surface area contributed by atoms with Crippen molar-refractivity contribution in [3.63, 3.8) is 0 Å². The first-order valence-electron chi connectivity index (χ1n) is 7.31. The zero-order valence-corrected chi connectivity index (χ0v) is 13.9. The van der Waals surface area contributed by atoms with Gasteiger partial charge in [-0.25, -0.2) is 0 Å². The molecule has 4 nitrogen and oxygen atoms in total. The third-order valence-electron chi connectivity index (χ3n) is 3.97. The first kappa shape index (κ1) is 16.5. The molecule has 2 rings (SSSR count). The van der Waals surface area contributed by atoms with Crippen LogP contribution in [0.4, 0.5) is 0 Å². The summed E-state index contributed by atoms with van der Waals surface area (Å²) in [5.74, 6) is 0.132. The van der Waals surface area contributed by atoms with Crippen molar-refractivity contribution in [2.75, 3.05) is 19.8 Å². The van der Waals surface area contributed by atoms with E-state index >= 15 is 0 Å². The zero-order chi connectivity index (χ0) is 15.3. The number of nitrogens with one attached hydrogen (secondary N) is 1. The molecule has 1 aliphatic rings. The fourth-order valence-electron chi connectivity index (χ4n) is 2.45. The molecule has 0 bridgehead atoms. The Labute approximate surface area is 134 Å². The fourth-order valence-corrected chi connectivity index (χ4v) is 2.72. The van der Waals surface area contributed by atoms with Gasteiger partial charge in [0, 0.05) is 43.5 Å². The van der Waals surface area contributed by atoms with E-state index in [1.165, 1.54) is 0 Å². The van der Waals surface area contributed by atoms with E-state index in [0.29, 0.717) is 39.0 Å². The summed E-state index contributed by atoms with van der Waals surface area (Å²) in [5.41, 5.74) is 0.326. The number of halogens is 1. The number of benzene rings is 1. The molecule has 1 aromatic rings. The van der Waals surface area contributed by atoms with E-state index in [9.17, 15) is 9.90 Å². The van der Waals surface area contributed by atoms with E-state index in [-0.39, 0.29) is 11.8 Å². The van der Waals surface area contributed by atoms with Gasteiger partial charge in [0.2, 0.25) is 5.91 Å². The smallest absolute Gasteiger partial charge is 0.220 e. The standard InChI is InChI=1S/C16H22BrNO3/c1-12(13-2-4-14(17)5-3-13)10-15(19)18-11-16(20)6-8-21-9-7-16/h2-5,12,20H,6-11H2,1H3,(H,18,19). The predicted molar refractivity (Wildman–Crippen MR) is 85.2 cm³/mol. The lowest BCUT2D eigenvalue weighted by molar-refractivity contribution is -0.124. The van der Waals surface area contributed by atoms with E-state index in [0.717, 1.165) is 10.0 Å². The number of hydrogen-bond acceptors (Lipinski definition) is 3. The molecule has 0 aliphatic carbocycles. The molecule has 1 amide bonds. The first-order valence-corrected chi connectivity index (χ1v) is 8.10. The van der Waals surface area contributed by atoms with Crippen LogP contribution in [0.3, 0.4) is 0 Å². The molecule has 116 valence electrons. The first-order chi connectivity index (χ1) is 9.98. The molecule has 21 heavy (non-hydrogen) atoms. The minimum Gasteiger partial charge on any atom is -0.388 e. The van der Waals surface area contributed by atoms with Gasteiger partial charge in [0.05, 0.1) is 5.60 Å². The van der Waals surface area contributed by atoms with Crippen LogP contribution in [0.2, 0.25) is 0 Å². The molecule has 1 aromatic carbocycles. The third-order valence-corrected chi connectivity index (χ3v) is 4.50. The molecule has 1 heterocycles. The highest BCUT2D eigenvalue weighted by Gasteiger charge is 2.30. The van der Waals surface area contributed by atoms with Gasteiger partial charge in [-0.15, -0.1) is 0 Å². The van der Waals surface area contributed by atoms with Gasteiger partial charge in [0.25, 0.3) is 0 Å². The molecule has 1 unspecified atom stereocenters. The van der Waals surface area contributed by atoms with Crippen LogP contribution in [0.5, 0.6) is 0 Å². The topological polar surface area (TPSA) is 58.6 Å². The quantitative estimate of drug-likeness (QED) is 0.853. The maximum atomic E-state index is 12.0. The molecule has 0 saturated carbocycles. The van der Waals surface area contributed by atoms with E-state index < -0.39 is 5.60 Å². The van der Waals surface area contributed by atoms with E-state index in [2.05, 4.69) is 21.2 Å². The van der Waals surface area contributed by atoms with Gasteiger partial charge in [-0.3, -0.25) is 4.79 Å². The molecule has 1 fully saturated rings. The van der Waals surface area contributed by atoms with Crippen molar-refractivity contribution in [2.24, 2.45) is 0 Å². The van der Waals surface area contributed by atoms with Crippen LogP contribution >= 0.6 is 15.9 Å². The Bertz CT molecular complexity index is 469. The van der Waals surface area contributed by atoms with Gasteiger partial charge < -0.3 is 15.2 Å². The Balaban J connectivity index is 1.79. The minimum absolute atomic E-state index is 0.0228. The summed E-state index contributed by atoms with van der Waals surface area (Å²) in [5, 5.41) is 13.2. The molecule has 2 N–H and O–H groups in total. The largest absolute Gasteiger partial charge is 0.388 e. The van der Waals surface area contributed by atoms with Crippen LogP contribution in [0.1, 0.15) is 37.7 Å². The number of carbonyl (C=O) groups is 1. The Kier molecular flexibility index (Phi) is 5.79. The van der Waals surface area contributed by atoms with Crippen LogP contribution < -0.4 is 5.32 Å². The summed E-state index contributed by atoms with van der Waals surface area (Å²) in [4.78, 5) is 12.0. The number of rotatable bonds is 5. The monoisotopic (exact) mass is 355 g/mol. The second-order valence-corrected chi connectivity index (χ2v) is 6.69. The molecule has 5 heteroatoms. The van der Waals surface area contributed by atoms with Crippen LogP contribution in [-0.2, 0) is 9.53 Å². The van der Waals surface area contributed by atoms with Crippen LogP contribution in [0.15, 0.2) is 28.7 Å². The second-order valence-electron chi connectivity index (χ2n) is 5.77. The summed E-state index contributed by atoms with van der Waals surface area (Å²) in [6, 6.07) is 8.01. The minimum atomic E-state index is -0.811.